The molecule has 2 aromatic carbocycles. The van der Waals surface area contributed by atoms with Crippen molar-refractivity contribution in [1.29, 1.82) is 0 Å². The van der Waals surface area contributed by atoms with Crippen LogP contribution in [0.4, 0.5) is 15.8 Å². The van der Waals surface area contributed by atoms with Crippen LogP contribution >= 0.6 is 11.6 Å². The molecule has 0 saturated carbocycles. The summed E-state index contributed by atoms with van der Waals surface area (Å²) in [6.07, 6.45) is 2.43. The van der Waals surface area contributed by atoms with Crippen molar-refractivity contribution in [3.63, 3.8) is 0 Å². The van der Waals surface area contributed by atoms with E-state index in [2.05, 4.69) is 22.8 Å². The quantitative estimate of drug-likeness (QED) is 0.678. The summed E-state index contributed by atoms with van der Waals surface area (Å²) >= 11 is 5.98. The van der Waals surface area contributed by atoms with E-state index in [1.165, 1.54) is 18.7 Å². The minimum Gasteiger partial charge on any atom is -0.495 e. The van der Waals surface area contributed by atoms with Crippen molar-refractivity contribution in [1.82, 2.24) is 5.32 Å². The fourth-order valence-electron chi connectivity index (χ4n) is 4.27. The lowest BCUT2D eigenvalue weighted by Gasteiger charge is -2.34. The molecule has 4 rings (SSSR count). The molecule has 1 atom stereocenters. The van der Waals surface area contributed by atoms with Crippen LogP contribution in [0.3, 0.4) is 0 Å². The molecule has 2 fully saturated rings. The van der Waals surface area contributed by atoms with E-state index in [0.717, 1.165) is 31.0 Å². The topological polar surface area (TPSA) is 70.7 Å². The van der Waals surface area contributed by atoms with Crippen LogP contribution in [-0.2, 0) is 9.59 Å². The van der Waals surface area contributed by atoms with Gasteiger partial charge in [0.05, 0.1) is 18.5 Å². The number of imide groups is 1. The fraction of sp³-hybridized carbons (Fsp3) is 0.391. The lowest BCUT2D eigenvalue weighted by atomic mass is 9.89. The molecule has 2 heterocycles. The van der Waals surface area contributed by atoms with Crippen molar-refractivity contribution < 1.29 is 18.7 Å². The summed E-state index contributed by atoms with van der Waals surface area (Å²) in [6.45, 7) is 1.46. The van der Waals surface area contributed by atoms with Gasteiger partial charge in [-0.3, -0.25) is 14.9 Å². The average Bonchev–Trinajstić information content (AvgIpc) is 2.77. The molecule has 2 amide bonds. The number of piperidine rings is 2. The normalized spacial score (nSPS) is 19.8. The maximum absolute atomic E-state index is 15.0. The molecule has 2 aliphatic rings. The highest BCUT2D eigenvalue weighted by molar-refractivity contribution is 6.30. The van der Waals surface area contributed by atoms with Gasteiger partial charge in [0.25, 0.3) is 0 Å². The Morgan fingerprint density at radius 2 is 1.84 bits per heavy atom. The number of nitrogens with one attached hydrogen (secondary N) is 2. The first-order valence-corrected chi connectivity index (χ1v) is 10.8. The van der Waals surface area contributed by atoms with Crippen LogP contribution in [0.1, 0.15) is 37.2 Å². The highest BCUT2D eigenvalue weighted by Gasteiger charge is 2.28. The number of rotatable bonds is 5. The molecular weight excluding hydrogens is 421 g/mol. The van der Waals surface area contributed by atoms with E-state index in [9.17, 15) is 9.59 Å². The van der Waals surface area contributed by atoms with Gasteiger partial charge in [-0.05, 0) is 42.9 Å². The van der Waals surface area contributed by atoms with Crippen molar-refractivity contribution in [3.05, 3.63) is 52.8 Å². The van der Waals surface area contributed by atoms with Gasteiger partial charge in [-0.2, -0.15) is 0 Å². The van der Waals surface area contributed by atoms with Gasteiger partial charge in [0.2, 0.25) is 11.8 Å². The third-order valence-corrected chi connectivity index (χ3v) is 6.27. The number of ether oxygens (including phenoxy) is 1. The predicted molar refractivity (Wildman–Crippen MR) is 118 cm³/mol. The van der Waals surface area contributed by atoms with E-state index >= 15 is 4.39 Å². The monoisotopic (exact) mass is 445 g/mol. The number of halogens is 2. The summed E-state index contributed by atoms with van der Waals surface area (Å²) in [6, 6.07) is 10.4. The van der Waals surface area contributed by atoms with Crippen LogP contribution in [0, 0.1) is 5.82 Å². The maximum atomic E-state index is 15.0. The first-order chi connectivity index (χ1) is 14.9. The molecule has 2 saturated heterocycles. The third kappa shape index (κ3) is 4.77. The summed E-state index contributed by atoms with van der Waals surface area (Å²) in [5.74, 6) is -0.195. The molecule has 2 N–H and O–H groups in total. The van der Waals surface area contributed by atoms with E-state index in [4.69, 9.17) is 16.3 Å². The van der Waals surface area contributed by atoms with E-state index < -0.39 is 11.9 Å². The average molecular weight is 446 g/mol. The van der Waals surface area contributed by atoms with Crippen LogP contribution < -0.4 is 20.3 Å². The van der Waals surface area contributed by atoms with Crippen molar-refractivity contribution in [2.75, 3.05) is 30.4 Å². The first kappa shape index (κ1) is 21.4. The number of methoxy groups -OCH3 is 1. The minimum atomic E-state index is -0.605. The molecule has 0 spiro atoms. The van der Waals surface area contributed by atoms with E-state index in [0.29, 0.717) is 29.5 Å². The Bertz CT molecular complexity index is 975. The number of carbonyl (C=O) groups is 2. The van der Waals surface area contributed by atoms with Gasteiger partial charge in [0.15, 0.2) is 0 Å². The smallest absolute Gasteiger partial charge is 0.249 e. The molecule has 0 bridgehead atoms. The zero-order valence-corrected chi connectivity index (χ0v) is 18.0. The van der Waals surface area contributed by atoms with E-state index in [-0.39, 0.29) is 18.1 Å². The first-order valence-electron chi connectivity index (χ1n) is 10.4. The molecule has 2 aliphatic heterocycles. The second kappa shape index (κ2) is 9.14. The van der Waals surface area contributed by atoms with Gasteiger partial charge in [0, 0.05) is 36.7 Å². The molecular formula is C23H25ClFN3O3. The summed E-state index contributed by atoms with van der Waals surface area (Å²) in [4.78, 5) is 25.4. The number of carbonyl (C=O) groups excluding carboxylic acids is 2. The Morgan fingerprint density at radius 1 is 1.13 bits per heavy atom. The number of hydrogen-bond acceptors (Lipinski definition) is 5. The summed E-state index contributed by atoms with van der Waals surface area (Å²) in [5.41, 5.74) is 2.14. The largest absolute Gasteiger partial charge is 0.495 e. The van der Waals surface area contributed by atoms with Crippen molar-refractivity contribution in [2.24, 2.45) is 0 Å². The van der Waals surface area contributed by atoms with Gasteiger partial charge in [-0.15, -0.1) is 0 Å². The second-order valence-corrected chi connectivity index (χ2v) is 8.40. The van der Waals surface area contributed by atoms with Gasteiger partial charge in [0.1, 0.15) is 17.6 Å². The predicted octanol–water partition coefficient (Wildman–Crippen LogP) is 4.09. The molecule has 0 aromatic heterocycles. The number of nitrogens with zero attached hydrogens (tertiary/aromatic N) is 1. The molecule has 164 valence electrons. The van der Waals surface area contributed by atoms with Crippen LogP contribution in [0.15, 0.2) is 36.4 Å². The van der Waals surface area contributed by atoms with Gasteiger partial charge in [-0.1, -0.05) is 23.7 Å². The van der Waals surface area contributed by atoms with Crippen LogP contribution in [0.5, 0.6) is 5.75 Å². The van der Waals surface area contributed by atoms with E-state index in [1.54, 1.807) is 6.07 Å². The van der Waals surface area contributed by atoms with Crippen LogP contribution in [-0.4, -0.2) is 38.1 Å². The van der Waals surface area contributed by atoms with Crippen molar-refractivity contribution in [2.45, 2.75) is 37.6 Å². The zero-order valence-electron chi connectivity index (χ0n) is 17.3. The molecule has 8 heteroatoms. The maximum Gasteiger partial charge on any atom is 0.249 e. The third-order valence-electron chi connectivity index (χ3n) is 6.01. The Hall–Kier alpha value is -2.80. The SMILES string of the molecule is COc1cc(N2CCC(c3ccc(Cl)cc3)CC2)c(F)cc1NC1CCC(=O)NC1=O. The molecule has 31 heavy (non-hydrogen) atoms. The Kier molecular flexibility index (Phi) is 6.32. The lowest BCUT2D eigenvalue weighted by Crippen LogP contribution is -2.47. The molecule has 1 unspecified atom stereocenters. The standard InChI is InChI=1S/C23H25ClFN3O3/c1-31-21-13-20(17(25)12-19(21)26-18-6-7-22(29)27-23(18)30)28-10-8-15(9-11-28)14-2-4-16(24)5-3-14/h2-5,12-13,15,18,26H,6-11H2,1H3,(H,27,29,30). The number of amides is 2. The summed E-state index contributed by atoms with van der Waals surface area (Å²) in [7, 11) is 1.51. The fourth-order valence-corrected chi connectivity index (χ4v) is 4.40. The van der Waals surface area contributed by atoms with E-state index in [1.807, 2.05) is 17.0 Å². The van der Waals surface area contributed by atoms with Crippen molar-refractivity contribution in [3.8, 4) is 5.75 Å². The zero-order chi connectivity index (χ0) is 22.0. The Balaban J connectivity index is 1.46. The van der Waals surface area contributed by atoms with Crippen molar-refractivity contribution >= 4 is 34.8 Å². The highest BCUT2D eigenvalue weighted by Crippen LogP contribution is 2.37. The molecule has 6 nitrogen and oxygen atoms in total. The van der Waals surface area contributed by atoms with Gasteiger partial charge in [-0.25, -0.2) is 4.39 Å². The molecule has 2 aromatic rings. The lowest BCUT2D eigenvalue weighted by molar-refractivity contribution is -0.133. The number of anilines is 2. The second-order valence-electron chi connectivity index (χ2n) is 7.96. The summed E-state index contributed by atoms with van der Waals surface area (Å²) in [5, 5.41) is 6.03. The highest BCUT2D eigenvalue weighted by atomic mass is 35.5. The molecule has 0 radical (unpaired) electrons. The van der Waals surface area contributed by atoms with Gasteiger partial charge < -0.3 is 15.0 Å². The molecule has 0 aliphatic carbocycles. The Morgan fingerprint density at radius 3 is 2.48 bits per heavy atom. The Labute approximate surface area is 185 Å². The van der Waals surface area contributed by atoms with Crippen LogP contribution in [0.25, 0.3) is 0 Å². The number of benzene rings is 2. The van der Waals surface area contributed by atoms with Crippen LogP contribution in [0.2, 0.25) is 5.02 Å². The summed E-state index contributed by atoms with van der Waals surface area (Å²) < 4.78 is 20.5. The minimum absolute atomic E-state index is 0.245. The van der Waals surface area contributed by atoms with Gasteiger partial charge >= 0.3 is 0 Å². The number of hydrogen-bond donors (Lipinski definition) is 2.